The van der Waals surface area contributed by atoms with Gasteiger partial charge in [0.15, 0.2) is 0 Å². The van der Waals surface area contributed by atoms with Crippen molar-refractivity contribution in [2.45, 2.75) is 32.0 Å². The predicted octanol–water partition coefficient (Wildman–Crippen LogP) is 5.43. The summed E-state index contributed by atoms with van der Waals surface area (Å²) in [6, 6.07) is 12.9. The smallest absolute Gasteiger partial charge is 0.262 e. The van der Waals surface area contributed by atoms with Crippen molar-refractivity contribution < 1.29 is 14.3 Å². The number of amides is 1. The first kappa shape index (κ1) is 26.8. The Balaban J connectivity index is 1.35. The van der Waals surface area contributed by atoms with Crippen molar-refractivity contribution in [3.05, 3.63) is 69.3 Å². The Kier molecular flexibility index (Phi) is 8.11. The lowest BCUT2D eigenvalue weighted by molar-refractivity contribution is 0.0996. The fourth-order valence-electron chi connectivity index (χ4n) is 4.70. The molecule has 0 aliphatic carbocycles. The van der Waals surface area contributed by atoms with Crippen molar-refractivity contribution in [2.75, 3.05) is 26.2 Å². The summed E-state index contributed by atoms with van der Waals surface area (Å²) in [6.45, 7) is 5.35. The van der Waals surface area contributed by atoms with Gasteiger partial charge < -0.3 is 25.8 Å². The Bertz CT molecular complexity index is 1450. The predicted molar refractivity (Wildman–Crippen MR) is 152 cm³/mol. The molecule has 1 saturated heterocycles. The molecule has 2 aromatic heterocycles. The van der Waals surface area contributed by atoms with E-state index in [2.05, 4.69) is 9.88 Å². The summed E-state index contributed by atoms with van der Waals surface area (Å²) in [5.74, 6) is 0.442. The van der Waals surface area contributed by atoms with E-state index in [-0.39, 0.29) is 6.10 Å². The Morgan fingerprint density at radius 2 is 1.97 bits per heavy atom. The lowest BCUT2D eigenvalue weighted by Gasteiger charge is -2.32. The Hall–Kier alpha value is -2.82. The number of carbonyl (C=O) groups excluding carboxylic acids is 1. The number of hydrogen-bond acceptors (Lipinski definition) is 7. The molecule has 5 rings (SSSR count). The van der Waals surface area contributed by atoms with Crippen molar-refractivity contribution in [1.29, 1.82) is 0 Å². The van der Waals surface area contributed by atoms with Crippen LogP contribution in [0.4, 0.5) is 0 Å². The molecule has 0 unspecified atom stereocenters. The molecule has 11 heteroatoms. The number of benzene rings is 2. The van der Waals surface area contributed by atoms with E-state index in [9.17, 15) is 4.79 Å². The number of likely N-dealkylation sites (tertiary alicyclic amines) is 1. The molecule has 3 heterocycles. The average molecular weight is 575 g/mol. The van der Waals surface area contributed by atoms with E-state index in [4.69, 9.17) is 44.1 Å². The number of aromatic nitrogens is 2. The van der Waals surface area contributed by atoms with Crippen LogP contribution in [-0.2, 0) is 0 Å². The molecule has 0 bridgehead atoms. The van der Waals surface area contributed by atoms with E-state index in [1.165, 1.54) is 11.3 Å². The summed E-state index contributed by atoms with van der Waals surface area (Å²) in [5, 5.41) is 1.85. The zero-order valence-corrected chi connectivity index (χ0v) is 23.2. The van der Waals surface area contributed by atoms with Crippen molar-refractivity contribution >= 4 is 51.5 Å². The van der Waals surface area contributed by atoms with E-state index >= 15 is 0 Å². The highest BCUT2D eigenvalue weighted by Crippen LogP contribution is 2.39. The molecule has 1 aliphatic rings. The van der Waals surface area contributed by atoms with Gasteiger partial charge in [0.05, 0.1) is 16.1 Å². The van der Waals surface area contributed by atoms with Gasteiger partial charge in [0.2, 0.25) is 0 Å². The molecule has 4 N–H and O–H groups in total. The van der Waals surface area contributed by atoms with Gasteiger partial charge in [0, 0.05) is 42.8 Å². The highest BCUT2D eigenvalue weighted by molar-refractivity contribution is 7.16. The van der Waals surface area contributed by atoms with Gasteiger partial charge in [-0.2, -0.15) is 0 Å². The molecule has 0 spiro atoms. The molecule has 1 fully saturated rings. The van der Waals surface area contributed by atoms with Crippen LogP contribution in [-0.4, -0.2) is 52.6 Å². The van der Waals surface area contributed by atoms with Gasteiger partial charge in [0.25, 0.3) is 5.91 Å². The number of carbonyl (C=O) groups is 1. The molecular formula is C27H29Cl2N5O3S. The zero-order chi connectivity index (χ0) is 26.8. The second-order valence-corrected chi connectivity index (χ2v) is 11.1. The van der Waals surface area contributed by atoms with Crippen LogP contribution in [0.3, 0.4) is 0 Å². The van der Waals surface area contributed by atoms with Gasteiger partial charge in [-0.05, 0) is 44.0 Å². The molecule has 2 aromatic carbocycles. The van der Waals surface area contributed by atoms with Crippen LogP contribution in [0.2, 0.25) is 10.0 Å². The normalized spacial score (nSPS) is 15.6. The third-order valence-corrected chi connectivity index (χ3v) is 8.43. The van der Waals surface area contributed by atoms with Gasteiger partial charge >= 0.3 is 0 Å². The van der Waals surface area contributed by atoms with Gasteiger partial charge in [-0.25, -0.2) is 4.98 Å². The fourth-order valence-corrected chi connectivity index (χ4v) is 6.12. The van der Waals surface area contributed by atoms with E-state index < -0.39 is 12.0 Å². The maximum absolute atomic E-state index is 12.3. The van der Waals surface area contributed by atoms with Gasteiger partial charge in [-0.3, -0.25) is 9.36 Å². The molecule has 4 aromatic rings. The highest BCUT2D eigenvalue weighted by Gasteiger charge is 2.24. The molecule has 0 radical (unpaired) electrons. The van der Waals surface area contributed by atoms with Crippen LogP contribution in [0.25, 0.3) is 16.0 Å². The topological polar surface area (TPSA) is 109 Å². The van der Waals surface area contributed by atoms with E-state index in [0.29, 0.717) is 33.0 Å². The van der Waals surface area contributed by atoms with E-state index in [0.717, 1.165) is 54.1 Å². The van der Waals surface area contributed by atoms with Gasteiger partial charge in [-0.1, -0.05) is 35.3 Å². The summed E-state index contributed by atoms with van der Waals surface area (Å²) in [5.41, 5.74) is 13.7. The number of nitrogens with zero attached hydrogens (tertiary/aromatic N) is 3. The summed E-state index contributed by atoms with van der Waals surface area (Å²) >= 11 is 14.1. The maximum atomic E-state index is 12.3. The number of rotatable bonds is 9. The Morgan fingerprint density at radius 1 is 1.18 bits per heavy atom. The molecule has 1 amide bonds. The van der Waals surface area contributed by atoms with Crippen molar-refractivity contribution in [3.63, 3.8) is 0 Å². The number of ether oxygens (including phenoxy) is 2. The van der Waals surface area contributed by atoms with Crippen molar-refractivity contribution in [2.24, 2.45) is 11.5 Å². The quantitative estimate of drug-likeness (QED) is 0.276. The molecule has 8 nitrogen and oxygen atoms in total. The number of hydrogen-bond donors (Lipinski definition) is 2. The van der Waals surface area contributed by atoms with Gasteiger partial charge in [-0.15, -0.1) is 11.3 Å². The minimum Gasteiger partial charge on any atom is -0.489 e. The minimum absolute atomic E-state index is 0.0915. The Labute approximate surface area is 235 Å². The molecule has 1 aliphatic heterocycles. The lowest BCUT2D eigenvalue weighted by atomic mass is 10.1. The van der Waals surface area contributed by atoms with Crippen LogP contribution >= 0.6 is 34.5 Å². The minimum atomic E-state index is -0.569. The van der Waals surface area contributed by atoms with Crippen LogP contribution in [0.15, 0.2) is 48.8 Å². The Morgan fingerprint density at radius 3 is 2.71 bits per heavy atom. The second kappa shape index (κ2) is 11.5. The first-order valence-corrected chi connectivity index (χ1v) is 14.0. The van der Waals surface area contributed by atoms with Crippen LogP contribution in [0.5, 0.6) is 11.5 Å². The standard InChI is InChI=1S/C27H29Cl2N5O3S/c1-16(19-3-2-4-22(25(19)29)37-18-7-10-33(11-8-18)12-9-30)36-23-14-24(38-26(23)27(31)35)34-15-32-20-13-17(28)5-6-21(20)34/h2-6,13-16,18H,7-12,30H2,1H3,(H2,31,35)/t16-/m1/s1. The number of thiophene rings is 1. The maximum Gasteiger partial charge on any atom is 0.262 e. The first-order chi connectivity index (χ1) is 18.3. The van der Waals surface area contributed by atoms with Crippen molar-refractivity contribution in [1.82, 2.24) is 14.5 Å². The molecular weight excluding hydrogens is 545 g/mol. The van der Waals surface area contributed by atoms with Gasteiger partial charge in [0.1, 0.15) is 39.9 Å². The SMILES string of the molecule is C[C@@H](Oc1cc(-n2cnc3cc(Cl)ccc32)sc1C(N)=O)c1cccc(OC2CCN(CCN)CC2)c1Cl. The van der Waals surface area contributed by atoms with Crippen LogP contribution in [0, 0.1) is 0 Å². The number of nitrogens with two attached hydrogens (primary N) is 2. The number of fused-ring (bicyclic) bond motifs is 1. The molecule has 200 valence electrons. The zero-order valence-electron chi connectivity index (χ0n) is 20.9. The first-order valence-electron chi connectivity index (χ1n) is 12.4. The number of piperidine rings is 1. The number of imidazole rings is 1. The summed E-state index contributed by atoms with van der Waals surface area (Å²) < 4.78 is 14.4. The third kappa shape index (κ3) is 5.62. The van der Waals surface area contributed by atoms with Crippen LogP contribution < -0.4 is 20.9 Å². The van der Waals surface area contributed by atoms with Crippen molar-refractivity contribution in [3.8, 4) is 16.5 Å². The number of primary amides is 1. The summed E-state index contributed by atoms with van der Waals surface area (Å²) in [6.07, 6.45) is 3.15. The monoisotopic (exact) mass is 573 g/mol. The second-order valence-electron chi connectivity index (χ2n) is 9.26. The molecule has 0 saturated carbocycles. The van der Waals surface area contributed by atoms with E-state index in [1.807, 2.05) is 35.8 Å². The molecule has 38 heavy (non-hydrogen) atoms. The van der Waals surface area contributed by atoms with Crippen LogP contribution in [0.1, 0.15) is 41.1 Å². The molecule has 1 atom stereocenters. The summed E-state index contributed by atoms with van der Waals surface area (Å²) in [7, 11) is 0. The number of halogens is 2. The lowest BCUT2D eigenvalue weighted by Crippen LogP contribution is -2.40. The third-order valence-electron chi connectivity index (χ3n) is 6.66. The largest absolute Gasteiger partial charge is 0.489 e. The fraction of sp³-hybridized carbons (Fsp3) is 0.333. The highest BCUT2D eigenvalue weighted by atomic mass is 35.5. The average Bonchev–Trinajstić information content (AvgIpc) is 3.50. The summed E-state index contributed by atoms with van der Waals surface area (Å²) in [4.78, 5) is 19.4. The van der Waals surface area contributed by atoms with E-state index in [1.54, 1.807) is 24.5 Å².